The highest BCUT2D eigenvalue weighted by atomic mass is 32.2. The topological polar surface area (TPSA) is 83.6 Å². The van der Waals surface area contributed by atoms with Crippen molar-refractivity contribution in [3.05, 3.63) is 65.7 Å². The van der Waals surface area contributed by atoms with Crippen LogP contribution < -0.4 is 5.32 Å². The van der Waals surface area contributed by atoms with Gasteiger partial charge in [0.15, 0.2) is 5.78 Å². The van der Waals surface area contributed by atoms with Gasteiger partial charge in [-0.3, -0.25) is 9.59 Å². The first-order chi connectivity index (χ1) is 12.7. The maximum Gasteiger partial charge on any atom is 0.225 e. The molecule has 2 aromatic rings. The van der Waals surface area contributed by atoms with Crippen LogP contribution in [0.1, 0.15) is 42.2 Å². The first-order valence-electron chi connectivity index (χ1n) is 8.61. The van der Waals surface area contributed by atoms with Crippen LogP contribution in [0, 0.1) is 0 Å². The molecule has 1 atom stereocenters. The zero-order valence-electron chi connectivity index (χ0n) is 15.7. The summed E-state index contributed by atoms with van der Waals surface area (Å²) in [5.41, 5.74) is 1.99. The maximum atomic E-state index is 12.2. The van der Waals surface area contributed by atoms with Crippen LogP contribution in [0.25, 0.3) is 0 Å². The molecule has 27 heavy (non-hydrogen) atoms. The standard InChI is InChI=1S/C20H24N2O4S/c1-15(17-7-5-4-6-8-17)22(27(3,25)26)14-13-20(24)21-19-11-9-18(10-12-19)16(2)23/h4-12,15H,13-14H2,1-3H3,(H,21,24). The van der Waals surface area contributed by atoms with Crippen molar-refractivity contribution in [1.82, 2.24) is 4.31 Å². The van der Waals surface area contributed by atoms with Crippen molar-refractivity contribution in [2.24, 2.45) is 0 Å². The molecule has 1 N–H and O–H groups in total. The van der Waals surface area contributed by atoms with Crippen molar-refractivity contribution in [2.75, 3.05) is 18.1 Å². The minimum atomic E-state index is -3.48. The molecule has 7 heteroatoms. The van der Waals surface area contributed by atoms with Crippen LogP contribution in [-0.2, 0) is 14.8 Å². The molecule has 6 nitrogen and oxygen atoms in total. The van der Waals surface area contributed by atoms with E-state index in [1.54, 1.807) is 31.2 Å². The number of benzene rings is 2. The Hall–Kier alpha value is -2.51. The van der Waals surface area contributed by atoms with E-state index in [-0.39, 0.29) is 30.7 Å². The average molecular weight is 388 g/mol. The first kappa shape index (κ1) is 20.8. The zero-order valence-corrected chi connectivity index (χ0v) is 16.5. The van der Waals surface area contributed by atoms with Gasteiger partial charge in [-0.25, -0.2) is 8.42 Å². The lowest BCUT2D eigenvalue weighted by molar-refractivity contribution is -0.116. The molecule has 0 aliphatic rings. The van der Waals surface area contributed by atoms with Gasteiger partial charge >= 0.3 is 0 Å². The molecule has 0 saturated heterocycles. The number of Topliss-reactive ketones (excluding diaryl/α,β-unsaturated/α-hetero) is 1. The Labute approximate surface area is 160 Å². The highest BCUT2D eigenvalue weighted by Gasteiger charge is 2.25. The Morgan fingerprint density at radius 3 is 2.15 bits per heavy atom. The van der Waals surface area contributed by atoms with E-state index in [2.05, 4.69) is 5.32 Å². The number of anilines is 1. The smallest absolute Gasteiger partial charge is 0.225 e. The third-order valence-electron chi connectivity index (χ3n) is 4.27. The van der Waals surface area contributed by atoms with E-state index < -0.39 is 10.0 Å². The molecule has 0 aliphatic carbocycles. The highest BCUT2D eigenvalue weighted by Crippen LogP contribution is 2.23. The Kier molecular flexibility index (Phi) is 6.87. The number of ketones is 1. The number of amides is 1. The van der Waals surface area contributed by atoms with Gasteiger partial charge < -0.3 is 5.32 Å². The second-order valence-electron chi connectivity index (χ2n) is 6.39. The minimum absolute atomic E-state index is 0.0265. The van der Waals surface area contributed by atoms with Crippen LogP contribution in [0.15, 0.2) is 54.6 Å². The van der Waals surface area contributed by atoms with Crippen molar-refractivity contribution in [2.45, 2.75) is 26.3 Å². The van der Waals surface area contributed by atoms with Crippen LogP contribution in [-0.4, -0.2) is 37.2 Å². The molecule has 1 amide bonds. The molecular formula is C20H24N2O4S. The highest BCUT2D eigenvalue weighted by molar-refractivity contribution is 7.88. The van der Waals surface area contributed by atoms with Crippen LogP contribution in [0.5, 0.6) is 0 Å². The lowest BCUT2D eigenvalue weighted by Crippen LogP contribution is -2.35. The van der Waals surface area contributed by atoms with Crippen LogP contribution in [0.2, 0.25) is 0 Å². The number of hydrogen-bond acceptors (Lipinski definition) is 4. The number of nitrogens with zero attached hydrogens (tertiary/aromatic N) is 1. The molecule has 2 aromatic carbocycles. The fourth-order valence-electron chi connectivity index (χ4n) is 2.77. The lowest BCUT2D eigenvalue weighted by Gasteiger charge is -2.27. The summed E-state index contributed by atoms with van der Waals surface area (Å²) in [7, 11) is -3.48. The first-order valence-corrected chi connectivity index (χ1v) is 10.5. The summed E-state index contributed by atoms with van der Waals surface area (Å²) in [6.45, 7) is 3.35. The van der Waals surface area contributed by atoms with Crippen molar-refractivity contribution in [3.8, 4) is 0 Å². The van der Waals surface area contributed by atoms with Crippen LogP contribution in [0.3, 0.4) is 0 Å². The summed E-state index contributed by atoms with van der Waals surface area (Å²) in [5.74, 6) is -0.342. The molecule has 1 unspecified atom stereocenters. The fraction of sp³-hybridized carbons (Fsp3) is 0.300. The van der Waals surface area contributed by atoms with E-state index in [1.165, 1.54) is 11.2 Å². The summed E-state index contributed by atoms with van der Waals surface area (Å²) in [6, 6.07) is 15.5. The molecule has 0 spiro atoms. The zero-order chi connectivity index (χ0) is 20.0. The minimum Gasteiger partial charge on any atom is -0.326 e. The second kappa shape index (κ2) is 8.92. The van der Waals surface area contributed by atoms with Gasteiger partial charge in [0.25, 0.3) is 0 Å². The van der Waals surface area contributed by atoms with Gasteiger partial charge in [-0.1, -0.05) is 30.3 Å². The third kappa shape index (κ3) is 6.01. The van der Waals surface area contributed by atoms with Gasteiger partial charge in [0.05, 0.1) is 6.26 Å². The molecule has 144 valence electrons. The van der Waals surface area contributed by atoms with Gasteiger partial charge in [0, 0.05) is 30.3 Å². The molecule has 0 aromatic heterocycles. The monoisotopic (exact) mass is 388 g/mol. The predicted octanol–water partition coefficient (Wildman–Crippen LogP) is 3.24. The summed E-state index contributed by atoms with van der Waals surface area (Å²) in [4.78, 5) is 23.5. The normalized spacial score (nSPS) is 12.6. The molecule has 0 aliphatic heterocycles. The van der Waals surface area contributed by atoms with Crippen molar-refractivity contribution in [3.63, 3.8) is 0 Å². The van der Waals surface area contributed by atoms with Gasteiger partial charge in [0.1, 0.15) is 0 Å². The number of carbonyl (C=O) groups excluding carboxylic acids is 2. The van der Waals surface area contributed by atoms with Gasteiger partial charge in [0.2, 0.25) is 15.9 Å². The third-order valence-corrected chi connectivity index (χ3v) is 5.63. The number of sulfonamides is 1. The van der Waals surface area contributed by atoms with E-state index in [4.69, 9.17) is 0 Å². The van der Waals surface area contributed by atoms with E-state index in [0.29, 0.717) is 11.3 Å². The lowest BCUT2D eigenvalue weighted by atomic mass is 10.1. The van der Waals surface area contributed by atoms with Crippen LogP contribution in [0.4, 0.5) is 5.69 Å². The van der Waals surface area contributed by atoms with E-state index >= 15 is 0 Å². The molecule has 2 rings (SSSR count). The summed E-state index contributed by atoms with van der Waals surface area (Å²) < 4.78 is 25.7. The van der Waals surface area contributed by atoms with E-state index in [9.17, 15) is 18.0 Å². The summed E-state index contributed by atoms with van der Waals surface area (Å²) in [5, 5.41) is 2.72. The fourth-order valence-corrected chi connectivity index (χ4v) is 3.89. The van der Waals surface area contributed by atoms with Crippen molar-refractivity contribution in [1.29, 1.82) is 0 Å². The Morgan fingerprint density at radius 2 is 1.63 bits per heavy atom. The number of rotatable bonds is 8. The van der Waals surface area contributed by atoms with Gasteiger partial charge in [-0.15, -0.1) is 0 Å². The predicted molar refractivity (Wildman–Crippen MR) is 106 cm³/mol. The molecular weight excluding hydrogens is 364 g/mol. The Morgan fingerprint density at radius 1 is 1.04 bits per heavy atom. The largest absolute Gasteiger partial charge is 0.326 e. The number of carbonyl (C=O) groups is 2. The van der Waals surface area contributed by atoms with Gasteiger partial charge in [-0.2, -0.15) is 4.31 Å². The quantitative estimate of drug-likeness (QED) is 0.704. The summed E-state index contributed by atoms with van der Waals surface area (Å²) >= 11 is 0. The van der Waals surface area contributed by atoms with Crippen LogP contribution >= 0.6 is 0 Å². The van der Waals surface area contributed by atoms with Crippen molar-refractivity contribution < 1.29 is 18.0 Å². The average Bonchev–Trinajstić information content (AvgIpc) is 2.61. The van der Waals surface area contributed by atoms with E-state index in [1.807, 2.05) is 30.3 Å². The second-order valence-corrected chi connectivity index (χ2v) is 8.33. The summed E-state index contributed by atoms with van der Waals surface area (Å²) in [6.07, 6.45) is 1.17. The SMILES string of the molecule is CC(=O)c1ccc(NC(=O)CCN(C(C)c2ccccc2)S(C)(=O)=O)cc1. The maximum absolute atomic E-state index is 12.2. The Bertz CT molecular complexity index is 893. The number of nitrogens with one attached hydrogen (secondary N) is 1. The van der Waals surface area contributed by atoms with Crippen molar-refractivity contribution >= 4 is 27.4 Å². The van der Waals surface area contributed by atoms with Gasteiger partial charge in [-0.05, 0) is 43.7 Å². The number of hydrogen-bond donors (Lipinski definition) is 1. The molecule has 0 fully saturated rings. The molecule has 0 saturated carbocycles. The van der Waals surface area contributed by atoms with E-state index in [0.717, 1.165) is 11.8 Å². The molecule has 0 bridgehead atoms. The molecule has 0 radical (unpaired) electrons. The Balaban J connectivity index is 2.02. The molecule has 0 heterocycles.